The third-order valence-electron chi connectivity index (χ3n) is 5.56. The fourth-order valence-corrected chi connectivity index (χ4v) is 4.08. The fourth-order valence-electron chi connectivity index (χ4n) is 4.08. The average Bonchev–Trinajstić information content (AvgIpc) is 3.17. The number of piperidine rings is 1. The first-order chi connectivity index (χ1) is 14.7. The van der Waals surface area contributed by atoms with Gasteiger partial charge in [-0.25, -0.2) is 9.78 Å². The highest BCUT2D eigenvalue weighted by Gasteiger charge is 2.26. The zero-order chi connectivity index (χ0) is 20.9. The lowest BCUT2D eigenvalue weighted by molar-refractivity contribution is 0.183. The summed E-state index contributed by atoms with van der Waals surface area (Å²) in [7, 11) is 0. The average molecular weight is 405 g/mol. The number of carbonyl (C=O) groups excluding carboxylic acids is 1. The summed E-state index contributed by atoms with van der Waals surface area (Å²) in [5, 5.41) is 3.01. The molecule has 1 N–H and O–H groups in total. The second-order valence-corrected chi connectivity index (χ2v) is 7.54. The molecule has 1 fully saturated rings. The number of benzene rings is 2. The molecule has 0 aliphatic carbocycles. The van der Waals surface area contributed by atoms with Crippen LogP contribution in [-0.2, 0) is 0 Å². The number of anilines is 1. The van der Waals surface area contributed by atoms with Gasteiger partial charge in [0.25, 0.3) is 0 Å². The minimum absolute atomic E-state index is 0.0776. The van der Waals surface area contributed by atoms with Gasteiger partial charge in [0.1, 0.15) is 11.6 Å². The molecule has 3 aromatic rings. The molecule has 0 bridgehead atoms. The number of amides is 2. The molecule has 0 spiro atoms. The van der Waals surface area contributed by atoms with Gasteiger partial charge in [-0.2, -0.15) is 0 Å². The lowest BCUT2D eigenvalue weighted by Crippen LogP contribution is -2.41. The van der Waals surface area contributed by atoms with Crippen molar-refractivity contribution < 1.29 is 9.53 Å². The SMILES string of the molecule is CCOc1ccccc1NC(=O)N1CCC(n2c(C)cnc2-c2ccccc2)CC1. The van der Waals surface area contributed by atoms with E-state index in [9.17, 15) is 4.79 Å². The molecule has 2 amide bonds. The van der Waals surface area contributed by atoms with E-state index in [1.165, 1.54) is 0 Å². The van der Waals surface area contributed by atoms with E-state index in [4.69, 9.17) is 4.74 Å². The number of ether oxygens (including phenoxy) is 1. The Hall–Kier alpha value is -3.28. The number of imidazole rings is 1. The quantitative estimate of drug-likeness (QED) is 0.642. The maximum Gasteiger partial charge on any atom is 0.321 e. The second kappa shape index (κ2) is 9.03. The molecule has 30 heavy (non-hydrogen) atoms. The Labute approximate surface area is 177 Å². The molecule has 6 nitrogen and oxygen atoms in total. The van der Waals surface area contributed by atoms with Gasteiger partial charge in [0.05, 0.1) is 12.3 Å². The molecule has 0 unspecified atom stereocenters. The van der Waals surface area contributed by atoms with Crippen molar-refractivity contribution in [2.75, 3.05) is 25.0 Å². The third kappa shape index (κ3) is 4.17. The Balaban J connectivity index is 1.43. The van der Waals surface area contributed by atoms with Crippen LogP contribution in [0, 0.1) is 6.92 Å². The predicted octanol–water partition coefficient (Wildman–Crippen LogP) is 5.13. The maximum atomic E-state index is 12.8. The number of hydrogen-bond donors (Lipinski definition) is 1. The Bertz CT molecular complexity index is 991. The van der Waals surface area contributed by atoms with Crippen LogP contribution in [0.5, 0.6) is 5.75 Å². The highest BCUT2D eigenvalue weighted by molar-refractivity contribution is 5.91. The number of aromatic nitrogens is 2. The lowest BCUT2D eigenvalue weighted by atomic mass is 10.0. The molecule has 4 rings (SSSR count). The van der Waals surface area contributed by atoms with Crippen molar-refractivity contribution in [2.45, 2.75) is 32.7 Å². The van der Waals surface area contributed by atoms with Gasteiger partial charge >= 0.3 is 6.03 Å². The number of nitrogens with one attached hydrogen (secondary N) is 1. The fraction of sp³-hybridized carbons (Fsp3) is 0.333. The number of hydrogen-bond acceptors (Lipinski definition) is 3. The van der Waals surface area contributed by atoms with Crippen LogP contribution in [0.3, 0.4) is 0 Å². The van der Waals surface area contributed by atoms with Crippen LogP contribution in [0.2, 0.25) is 0 Å². The zero-order valence-corrected chi connectivity index (χ0v) is 17.5. The van der Waals surface area contributed by atoms with Crippen LogP contribution in [0.4, 0.5) is 10.5 Å². The molecule has 1 aliphatic heterocycles. The smallest absolute Gasteiger partial charge is 0.321 e. The van der Waals surface area contributed by atoms with Crippen LogP contribution in [0.1, 0.15) is 31.5 Å². The molecule has 0 atom stereocenters. The van der Waals surface area contributed by atoms with Gasteiger partial charge in [-0.05, 0) is 38.8 Å². The molecule has 6 heteroatoms. The summed E-state index contributed by atoms with van der Waals surface area (Å²) in [6.45, 7) is 6.01. The summed E-state index contributed by atoms with van der Waals surface area (Å²) >= 11 is 0. The Kier molecular flexibility index (Phi) is 6.02. The first kappa shape index (κ1) is 20.0. The van der Waals surface area contributed by atoms with E-state index < -0.39 is 0 Å². The summed E-state index contributed by atoms with van der Waals surface area (Å²) in [5.74, 6) is 1.70. The lowest BCUT2D eigenvalue weighted by Gasteiger charge is -2.34. The van der Waals surface area contributed by atoms with Gasteiger partial charge < -0.3 is 19.5 Å². The van der Waals surface area contributed by atoms with Crippen molar-refractivity contribution in [3.05, 3.63) is 66.5 Å². The Morgan fingerprint density at radius 3 is 2.53 bits per heavy atom. The predicted molar refractivity (Wildman–Crippen MR) is 119 cm³/mol. The number of nitrogens with zero attached hydrogens (tertiary/aromatic N) is 3. The first-order valence-electron chi connectivity index (χ1n) is 10.5. The maximum absolute atomic E-state index is 12.8. The van der Waals surface area contributed by atoms with Crippen molar-refractivity contribution in [2.24, 2.45) is 0 Å². The Morgan fingerprint density at radius 1 is 1.10 bits per heavy atom. The topological polar surface area (TPSA) is 59.4 Å². The number of urea groups is 1. The van der Waals surface area contributed by atoms with Crippen molar-refractivity contribution in [3.63, 3.8) is 0 Å². The number of carbonyl (C=O) groups is 1. The van der Waals surface area contributed by atoms with Gasteiger partial charge in [0.15, 0.2) is 0 Å². The van der Waals surface area contributed by atoms with Crippen LogP contribution in [-0.4, -0.2) is 40.2 Å². The summed E-state index contributed by atoms with van der Waals surface area (Å²) < 4.78 is 7.94. The van der Waals surface area contributed by atoms with Gasteiger partial charge in [-0.15, -0.1) is 0 Å². The molecular formula is C24H28N4O2. The van der Waals surface area contributed by atoms with Crippen LogP contribution < -0.4 is 10.1 Å². The first-order valence-corrected chi connectivity index (χ1v) is 10.5. The van der Waals surface area contributed by atoms with Gasteiger partial charge in [-0.3, -0.25) is 0 Å². The Morgan fingerprint density at radius 2 is 1.80 bits per heavy atom. The van der Waals surface area contributed by atoms with E-state index >= 15 is 0 Å². The molecule has 1 saturated heterocycles. The highest BCUT2D eigenvalue weighted by atomic mass is 16.5. The van der Waals surface area contributed by atoms with E-state index in [-0.39, 0.29) is 6.03 Å². The molecule has 2 heterocycles. The summed E-state index contributed by atoms with van der Waals surface area (Å²) in [4.78, 5) is 19.3. The second-order valence-electron chi connectivity index (χ2n) is 7.54. The van der Waals surface area contributed by atoms with E-state index in [1.54, 1.807) is 0 Å². The number of aryl methyl sites for hydroxylation is 1. The number of rotatable bonds is 5. The summed E-state index contributed by atoms with van der Waals surface area (Å²) in [5.41, 5.74) is 2.99. The summed E-state index contributed by atoms with van der Waals surface area (Å²) in [6.07, 6.45) is 3.74. The summed E-state index contributed by atoms with van der Waals surface area (Å²) in [6, 6.07) is 18.1. The van der Waals surface area contributed by atoms with E-state index in [0.29, 0.717) is 37.2 Å². The standard InChI is InChI=1S/C24H28N4O2/c1-3-30-22-12-8-7-11-21(22)26-24(29)27-15-13-20(14-16-27)28-18(2)17-25-23(28)19-9-5-4-6-10-19/h4-12,17,20H,3,13-16H2,1-2H3,(H,26,29). The molecule has 0 saturated carbocycles. The van der Waals surface area contributed by atoms with E-state index in [0.717, 1.165) is 29.9 Å². The normalized spacial score (nSPS) is 14.5. The minimum atomic E-state index is -0.0776. The van der Waals surface area contributed by atoms with Crippen LogP contribution >= 0.6 is 0 Å². The van der Waals surface area contributed by atoms with Crippen molar-refractivity contribution >= 4 is 11.7 Å². The van der Waals surface area contributed by atoms with Crippen molar-refractivity contribution in [1.29, 1.82) is 0 Å². The molecule has 0 radical (unpaired) electrons. The molecule has 1 aliphatic rings. The van der Waals surface area contributed by atoms with E-state index in [2.05, 4.69) is 33.9 Å². The third-order valence-corrected chi connectivity index (χ3v) is 5.56. The highest BCUT2D eigenvalue weighted by Crippen LogP contribution is 2.31. The number of para-hydroxylation sites is 2. The zero-order valence-electron chi connectivity index (χ0n) is 17.5. The molecular weight excluding hydrogens is 376 g/mol. The van der Waals surface area contributed by atoms with Crippen LogP contribution in [0.15, 0.2) is 60.8 Å². The largest absolute Gasteiger partial charge is 0.492 e. The molecule has 156 valence electrons. The van der Waals surface area contributed by atoms with Crippen molar-refractivity contribution in [1.82, 2.24) is 14.5 Å². The van der Waals surface area contributed by atoms with Gasteiger partial charge in [0, 0.05) is 36.6 Å². The van der Waals surface area contributed by atoms with Gasteiger partial charge in [-0.1, -0.05) is 42.5 Å². The number of likely N-dealkylation sites (tertiary alicyclic amines) is 1. The minimum Gasteiger partial charge on any atom is -0.492 e. The van der Waals surface area contributed by atoms with Gasteiger partial charge in [0.2, 0.25) is 0 Å². The molecule has 2 aromatic carbocycles. The van der Waals surface area contributed by atoms with E-state index in [1.807, 2.05) is 60.5 Å². The molecule has 1 aromatic heterocycles. The monoisotopic (exact) mass is 404 g/mol. The van der Waals surface area contributed by atoms with Crippen molar-refractivity contribution in [3.8, 4) is 17.1 Å². The van der Waals surface area contributed by atoms with Crippen LogP contribution in [0.25, 0.3) is 11.4 Å².